The van der Waals surface area contributed by atoms with Gasteiger partial charge in [0.25, 0.3) is 0 Å². The van der Waals surface area contributed by atoms with Crippen molar-refractivity contribution in [3.8, 4) is 5.69 Å². The Morgan fingerprint density at radius 1 is 1.18 bits per heavy atom. The fourth-order valence-corrected chi connectivity index (χ4v) is 5.68. The largest absolute Gasteiger partial charge is 0.352 e. The van der Waals surface area contributed by atoms with Gasteiger partial charge in [0, 0.05) is 28.7 Å². The topological polar surface area (TPSA) is 67.2 Å². The molecule has 1 N–H and O–H groups in total. The van der Waals surface area contributed by atoms with E-state index in [-0.39, 0.29) is 35.7 Å². The van der Waals surface area contributed by atoms with Crippen molar-refractivity contribution in [3.63, 3.8) is 0 Å². The van der Waals surface area contributed by atoms with Gasteiger partial charge in [-0.3, -0.25) is 14.5 Å². The van der Waals surface area contributed by atoms with Gasteiger partial charge in [0.2, 0.25) is 11.8 Å². The van der Waals surface area contributed by atoms with Crippen LogP contribution >= 0.6 is 11.8 Å². The maximum absolute atomic E-state index is 15.2. The summed E-state index contributed by atoms with van der Waals surface area (Å²) in [6.07, 6.45) is 0.752. The van der Waals surface area contributed by atoms with E-state index in [1.807, 2.05) is 65.8 Å². The molecule has 9 heteroatoms. The van der Waals surface area contributed by atoms with E-state index in [1.54, 1.807) is 4.68 Å². The molecule has 3 aromatic rings. The number of aryl methyl sites for hydroxylation is 1. The lowest BCUT2D eigenvalue weighted by Crippen LogP contribution is -2.44. The van der Waals surface area contributed by atoms with Crippen molar-refractivity contribution in [1.29, 1.82) is 0 Å². The number of thioether (sulfide) groups is 1. The number of halogens is 2. The average Bonchev–Trinajstić information content (AvgIpc) is 3.18. The van der Waals surface area contributed by atoms with Crippen LogP contribution in [0.15, 0.2) is 42.5 Å². The van der Waals surface area contributed by atoms with Gasteiger partial charge in [-0.1, -0.05) is 51.5 Å². The quantitative estimate of drug-likeness (QED) is 0.427. The van der Waals surface area contributed by atoms with Gasteiger partial charge < -0.3 is 5.32 Å². The van der Waals surface area contributed by atoms with Gasteiger partial charge in [-0.2, -0.15) is 5.10 Å². The summed E-state index contributed by atoms with van der Waals surface area (Å²) in [5.74, 6) is -1.48. The Bertz CT molecular complexity index is 1350. The summed E-state index contributed by atoms with van der Waals surface area (Å²) in [6, 6.07) is 11.2. The first-order valence-electron chi connectivity index (χ1n) is 12.8. The number of benzene rings is 2. The van der Waals surface area contributed by atoms with Gasteiger partial charge >= 0.3 is 0 Å². The smallest absolute Gasteiger partial charge is 0.240 e. The van der Waals surface area contributed by atoms with Gasteiger partial charge in [-0.05, 0) is 38.5 Å². The number of rotatable bonds is 6. The highest BCUT2D eigenvalue weighted by atomic mass is 32.2. The Morgan fingerprint density at radius 3 is 2.47 bits per heavy atom. The third-order valence-electron chi connectivity index (χ3n) is 6.64. The molecule has 202 valence electrons. The maximum Gasteiger partial charge on any atom is 0.240 e. The van der Waals surface area contributed by atoms with E-state index in [1.165, 1.54) is 28.8 Å². The number of hydrogen-bond donors (Lipinski definition) is 1. The van der Waals surface area contributed by atoms with Crippen molar-refractivity contribution in [2.24, 2.45) is 0 Å². The number of hydrogen-bond acceptors (Lipinski definition) is 4. The van der Waals surface area contributed by atoms with Crippen LogP contribution in [0.4, 0.5) is 14.6 Å². The van der Waals surface area contributed by atoms with E-state index in [4.69, 9.17) is 5.10 Å². The number of nitrogens with zero attached hydrogens (tertiary/aromatic N) is 3. The minimum atomic E-state index is -0.688. The Balaban J connectivity index is 2.00. The molecule has 1 aromatic heterocycles. The minimum Gasteiger partial charge on any atom is -0.352 e. The van der Waals surface area contributed by atoms with E-state index in [0.717, 1.165) is 18.1 Å². The molecule has 2 amide bonds. The molecule has 0 saturated carbocycles. The standard InChI is InChI=1S/C29H34F2N4O2S/c1-7-18(3)32-23(36)15-34-24(37)16-38-26(21-13-10-19(30)14-22(21)31)25-27(29(4,5)6)33-35(28(25)34)20-11-8-17(2)9-12-20/h8-14,18,26H,7,15-16H2,1-6H3,(H,32,36)/t18-,26-/m0/s1. The molecule has 2 heterocycles. The summed E-state index contributed by atoms with van der Waals surface area (Å²) in [7, 11) is 0. The Hall–Kier alpha value is -3.20. The molecular formula is C29H34F2N4O2S. The molecule has 0 bridgehead atoms. The summed E-state index contributed by atoms with van der Waals surface area (Å²) in [6.45, 7) is 11.7. The second-order valence-electron chi connectivity index (χ2n) is 10.8. The Kier molecular flexibility index (Phi) is 7.97. The van der Waals surface area contributed by atoms with Crippen LogP contribution in [0.3, 0.4) is 0 Å². The zero-order valence-electron chi connectivity index (χ0n) is 22.6. The van der Waals surface area contributed by atoms with Crippen molar-refractivity contribution in [1.82, 2.24) is 15.1 Å². The number of amides is 2. The lowest BCUT2D eigenvalue weighted by atomic mass is 9.87. The zero-order valence-corrected chi connectivity index (χ0v) is 23.5. The van der Waals surface area contributed by atoms with Crippen LogP contribution in [0.2, 0.25) is 0 Å². The van der Waals surface area contributed by atoms with Crippen molar-refractivity contribution >= 4 is 29.4 Å². The lowest BCUT2D eigenvalue weighted by Gasteiger charge is -2.25. The van der Waals surface area contributed by atoms with E-state index in [2.05, 4.69) is 5.32 Å². The molecule has 0 spiro atoms. The molecule has 4 rings (SSSR count). The number of anilines is 1. The lowest BCUT2D eigenvalue weighted by molar-refractivity contribution is -0.123. The summed E-state index contributed by atoms with van der Waals surface area (Å²) in [4.78, 5) is 28.1. The monoisotopic (exact) mass is 540 g/mol. The van der Waals surface area contributed by atoms with Crippen molar-refractivity contribution in [3.05, 3.63) is 76.5 Å². The number of aromatic nitrogens is 2. The second-order valence-corrected chi connectivity index (χ2v) is 11.9. The van der Waals surface area contributed by atoms with Gasteiger partial charge in [0.05, 0.1) is 22.4 Å². The van der Waals surface area contributed by atoms with Crippen molar-refractivity contribution in [2.75, 3.05) is 17.2 Å². The van der Waals surface area contributed by atoms with Gasteiger partial charge in [0.15, 0.2) is 0 Å². The third kappa shape index (κ3) is 5.62. The fourth-order valence-electron chi connectivity index (χ4n) is 4.46. The SMILES string of the molecule is CC[C@H](C)NC(=O)CN1C(=O)CS[C@@H](c2ccc(F)cc2F)c2c(C(C)(C)C)nn(-c3ccc(C)cc3)c21. The molecule has 1 aliphatic heterocycles. The molecule has 2 atom stereocenters. The summed E-state index contributed by atoms with van der Waals surface area (Å²) in [5.41, 5.74) is 2.89. The number of fused-ring (bicyclic) bond motifs is 1. The molecule has 0 unspecified atom stereocenters. The summed E-state index contributed by atoms with van der Waals surface area (Å²) in [5, 5.41) is 7.28. The summed E-state index contributed by atoms with van der Waals surface area (Å²) < 4.78 is 30.7. The Morgan fingerprint density at radius 2 is 1.87 bits per heavy atom. The van der Waals surface area contributed by atoms with Crippen LogP contribution in [-0.4, -0.2) is 39.9 Å². The van der Waals surface area contributed by atoms with Gasteiger partial charge in [0.1, 0.15) is 24.0 Å². The average molecular weight is 541 g/mol. The number of nitrogens with one attached hydrogen (secondary N) is 1. The van der Waals surface area contributed by atoms with Crippen LogP contribution in [-0.2, 0) is 15.0 Å². The van der Waals surface area contributed by atoms with Crippen LogP contribution in [0, 0.1) is 18.6 Å². The van der Waals surface area contributed by atoms with E-state index >= 15 is 4.39 Å². The molecule has 2 aromatic carbocycles. The molecule has 0 radical (unpaired) electrons. The van der Waals surface area contributed by atoms with E-state index in [0.29, 0.717) is 22.8 Å². The maximum atomic E-state index is 15.2. The van der Waals surface area contributed by atoms with Gasteiger partial charge in [-0.15, -0.1) is 11.8 Å². The molecule has 38 heavy (non-hydrogen) atoms. The highest BCUT2D eigenvalue weighted by molar-refractivity contribution is 8.00. The minimum absolute atomic E-state index is 0.0181. The van der Waals surface area contributed by atoms with Crippen LogP contribution in [0.1, 0.15) is 68.7 Å². The summed E-state index contributed by atoms with van der Waals surface area (Å²) >= 11 is 1.26. The fraction of sp³-hybridized carbons (Fsp3) is 0.414. The molecule has 6 nitrogen and oxygen atoms in total. The third-order valence-corrected chi connectivity index (χ3v) is 7.88. The highest BCUT2D eigenvalue weighted by Gasteiger charge is 2.40. The first-order valence-corrected chi connectivity index (χ1v) is 13.8. The first kappa shape index (κ1) is 27.8. The number of carbonyl (C=O) groups excluding carboxylic acids is 2. The van der Waals surface area contributed by atoms with Gasteiger partial charge in [-0.25, -0.2) is 13.5 Å². The highest BCUT2D eigenvalue weighted by Crippen LogP contribution is 2.49. The molecule has 0 saturated heterocycles. The van der Waals surface area contributed by atoms with Crippen LogP contribution in [0.25, 0.3) is 5.69 Å². The van der Waals surface area contributed by atoms with Crippen molar-refractivity contribution in [2.45, 2.75) is 64.7 Å². The van der Waals surface area contributed by atoms with Crippen LogP contribution in [0.5, 0.6) is 0 Å². The molecule has 0 aliphatic carbocycles. The molecule has 1 aliphatic rings. The Labute approximate surface area is 226 Å². The first-order chi connectivity index (χ1) is 17.9. The number of carbonyl (C=O) groups is 2. The normalized spacial score (nSPS) is 16.7. The van der Waals surface area contributed by atoms with E-state index < -0.39 is 22.3 Å². The predicted octanol–water partition coefficient (Wildman–Crippen LogP) is 5.84. The van der Waals surface area contributed by atoms with E-state index in [9.17, 15) is 14.0 Å². The molecular weight excluding hydrogens is 506 g/mol. The zero-order chi connectivity index (χ0) is 27.8. The second kappa shape index (κ2) is 10.9. The van der Waals surface area contributed by atoms with Crippen LogP contribution < -0.4 is 10.2 Å². The molecule has 0 fully saturated rings. The van der Waals surface area contributed by atoms with Crippen molar-refractivity contribution < 1.29 is 18.4 Å². The predicted molar refractivity (Wildman–Crippen MR) is 148 cm³/mol.